The number of rotatable bonds is 2. The fourth-order valence-corrected chi connectivity index (χ4v) is 3.11. The number of piperidine rings is 1. The van der Waals surface area contributed by atoms with E-state index < -0.39 is 0 Å². The third kappa shape index (κ3) is 4.13. The summed E-state index contributed by atoms with van der Waals surface area (Å²) in [6.45, 7) is 6.24. The summed E-state index contributed by atoms with van der Waals surface area (Å²) >= 11 is 0. The molecule has 2 aliphatic rings. The van der Waals surface area contributed by atoms with Crippen LogP contribution in [0.5, 0.6) is 0 Å². The minimum atomic E-state index is 0. The first-order valence-corrected chi connectivity index (χ1v) is 7.30. The summed E-state index contributed by atoms with van der Waals surface area (Å²) in [4.78, 5) is 14.5. The van der Waals surface area contributed by atoms with Crippen molar-refractivity contribution in [2.45, 2.75) is 45.4 Å². The van der Waals surface area contributed by atoms with Gasteiger partial charge >= 0.3 is 0 Å². The Kier molecular flexibility index (Phi) is 7.02. The van der Waals surface area contributed by atoms with E-state index >= 15 is 0 Å². The molecule has 0 radical (unpaired) electrons. The van der Waals surface area contributed by atoms with Crippen LogP contribution in [0.2, 0.25) is 0 Å². The Morgan fingerprint density at radius 3 is 2.72 bits per heavy atom. The Hall–Kier alpha value is -0.280. The number of hydrogen-bond acceptors (Lipinski definition) is 2. The van der Waals surface area contributed by atoms with Gasteiger partial charge in [0.05, 0.1) is 5.92 Å². The molecule has 18 heavy (non-hydrogen) atoms. The van der Waals surface area contributed by atoms with E-state index in [0.29, 0.717) is 5.91 Å². The number of nitrogens with one attached hydrogen (secondary N) is 1. The van der Waals surface area contributed by atoms with Crippen molar-refractivity contribution in [2.24, 2.45) is 11.8 Å². The van der Waals surface area contributed by atoms with Gasteiger partial charge in [-0.25, -0.2) is 0 Å². The third-order valence-electron chi connectivity index (χ3n) is 4.38. The van der Waals surface area contributed by atoms with Crippen LogP contribution in [0.4, 0.5) is 0 Å². The number of carbonyl (C=O) groups excluding carboxylic acids is 1. The molecule has 0 aromatic heterocycles. The molecule has 2 atom stereocenters. The molecule has 2 unspecified atom stereocenters. The largest absolute Gasteiger partial charge is 0.342 e. The van der Waals surface area contributed by atoms with Crippen molar-refractivity contribution >= 4 is 18.3 Å². The van der Waals surface area contributed by atoms with E-state index in [4.69, 9.17) is 0 Å². The van der Waals surface area contributed by atoms with E-state index in [-0.39, 0.29) is 18.3 Å². The van der Waals surface area contributed by atoms with Gasteiger partial charge in [-0.05, 0) is 44.6 Å². The molecule has 4 heteroatoms. The van der Waals surface area contributed by atoms with Crippen LogP contribution < -0.4 is 5.32 Å². The fraction of sp³-hybridized carbons (Fsp3) is 0.929. The van der Waals surface area contributed by atoms with Gasteiger partial charge in [0, 0.05) is 19.6 Å². The first kappa shape index (κ1) is 15.8. The van der Waals surface area contributed by atoms with Crippen LogP contribution in [-0.4, -0.2) is 37.0 Å². The van der Waals surface area contributed by atoms with Crippen molar-refractivity contribution in [3.63, 3.8) is 0 Å². The highest BCUT2D eigenvalue weighted by molar-refractivity contribution is 5.85. The maximum Gasteiger partial charge on any atom is 0.226 e. The van der Waals surface area contributed by atoms with Crippen LogP contribution >= 0.6 is 12.4 Å². The molecule has 0 saturated carbocycles. The predicted octanol–water partition coefficient (Wildman–Crippen LogP) is 2.45. The Morgan fingerprint density at radius 2 is 2.06 bits per heavy atom. The standard InChI is InChI=1S/C14H26N2O.ClH/c1-2-12-5-4-9-16(10-7-12)14(17)13-6-3-8-15-11-13;/h12-13,15H,2-11H2,1H3;1H. The molecule has 0 bridgehead atoms. The number of nitrogens with zero attached hydrogens (tertiary/aromatic N) is 1. The van der Waals surface area contributed by atoms with E-state index in [1.807, 2.05) is 0 Å². The molecule has 0 aromatic carbocycles. The van der Waals surface area contributed by atoms with Crippen molar-refractivity contribution in [1.82, 2.24) is 10.2 Å². The fourth-order valence-electron chi connectivity index (χ4n) is 3.11. The van der Waals surface area contributed by atoms with Gasteiger partial charge in [0.15, 0.2) is 0 Å². The summed E-state index contributed by atoms with van der Waals surface area (Å²) in [5.41, 5.74) is 0. The molecule has 106 valence electrons. The third-order valence-corrected chi connectivity index (χ3v) is 4.38. The Morgan fingerprint density at radius 1 is 1.22 bits per heavy atom. The highest BCUT2D eigenvalue weighted by Crippen LogP contribution is 2.22. The first-order chi connectivity index (χ1) is 8.31. The number of hydrogen-bond donors (Lipinski definition) is 1. The number of likely N-dealkylation sites (tertiary alicyclic amines) is 1. The molecule has 2 fully saturated rings. The lowest BCUT2D eigenvalue weighted by molar-refractivity contribution is -0.136. The molecule has 3 nitrogen and oxygen atoms in total. The van der Waals surface area contributed by atoms with Crippen LogP contribution in [0.3, 0.4) is 0 Å². The molecule has 2 saturated heterocycles. The molecule has 0 aliphatic carbocycles. The Bertz CT molecular complexity index is 254. The van der Waals surface area contributed by atoms with Gasteiger partial charge in [-0.3, -0.25) is 4.79 Å². The second-order valence-electron chi connectivity index (χ2n) is 5.57. The maximum atomic E-state index is 12.4. The van der Waals surface area contributed by atoms with E-state index in [9.17, 15) is 4.79 Å². The molecule has 2 heterocycles. The molecule has 0 spiro atoms. The minimum absolute atomic E-state index is 0. The smallest absolute Gasteiger partial charge is 0.226 e. The van der Waals surface area contributed by atoms with Crippen LogP contribution in [0.25, 0.3) is 0 Å². The zero-order valence-electron chi connectivity index (χ0n) is 11.5. The summed E-state index contributed by atoms with van der Waals surface area (Å²) < 4.78 is 0. The minimum Gasteiger partial charge on any atom is -0.342 e. The quantitative estimate of drug-likeness (QED) is 0.839. The predicted molar refractivity (Wildman–Crippen MR) is 77.1 cm³/mol. The zero-order chi connectivity index (χ0) is 12.1. The summed E-state index contributed by atoms with van der Waals surface area (Å²) in [5.74, 6) is 1.51. The van der Waals surface area contributed by atoms with E-state index in [1.165, 1.54) is 25.7 Å². The van der Waals surface area contributed by atoms with Gasteiger partial charge in [-0.1, -0.05) is 13.3 Å². The second-order valence-corrected chi connectivity index (χ2v) is 5.57. The summed E-state index contributed by atoms with van der Waals surface area (Å²) in [7, 11) is 0. The number of halogens is 1. The lowest BCUT2D eigenvalue weighted by Crippen LogP contribution is -2.43. The molecular weight excluding hydrogens is 248 g/mol. The van der Waals surface area contributed by atoms with E-state index in [1.54, 1.807) is 0 Å². The van der Waals surface area contributed by atoms with Crippen LogP contribution in [0.1, 0.15) is 45.4 Å². The molecule has 1 amide bonds. The SMILES string of the molecule is CCC1CCCN(C(=O)C2CCCNC2)CC1.Cl. The van der Waals surface area contributed by atoms with Gasteiger partial charge in [0.2, 0.25) is 5.91 Å². The van der Waals surface area contributed by atoms with Crippen LogP contribution in [-0.2, 0) is 4.79 Å². The van der Waals surface area contributed by atoms with E-state index in [2.05, 4.69) is 17.1 Å². The van der Waals surface area contributed by atoms with Gasteiger partial charge in [0.1, 0.15) is 0 Å². The average Bonchev–Trinajstić information content (AvgIpc) is 2.64. The average molecular weight is 275 g/mol. The molecule has 1 N–H and O–H groups in total. The normalized spacial score (nSPS) is 29.3. The maximum absolute atomic E-state index is 12.4. The second kappa shape index (κ2) is 8.00. The summed E-state index contributed by atoms with van der Waals surface area (Å²) in [5, 5.41) is 3.34. The lowest BCUT2D eigenvalue weighted by atomic mass is 9.97. The highest BCUT2D eigenvalue weighted by atomic mass is 35.5. The highest BCUT2D eigenvalue weighted by Gasteiger charge is 2.27. The van der Waals surface area contributed by atoms with Crippen molar-refractivity contribution in [2.75, 3.05) is 26.2 Å². The van der Waals surface area contributed by atoms with Gasteiger partial charge in [-0.15, -0.1) is 12.4 Å². The van der Waals surface area contributed by atoms with Gasteiger partial charge in [-0.2, -0.15) is 0 Å². The summed E-state index contributed by atoms with van der Waals surface area (Å²) in [6, 6.07) is 0. The van der Waals surface area contributed by atoms with Gasteiger partial charge in [0.25, 0.3) is 0 Å². The Labute approximate surface area is 117 Å². The zero-order valence-corrected chi connectivity index (χ0v) is 12.3. The van der Waals surface area contributed by atoms with Crippen molar-refractivity contribution in [3.05, 3.63) is 0 Å². The summed E-state index contributed by atoms with van der Waals surface area (Å²) in [6.07, 6.45) is 7.23. The molecule has 0 aromatic rings. The topological polar surface area (TPSA) is 32.3 Å². The van der Waals surface area contributed by atoms with Crippen molar-refractivity contribution in [3.8, 4) is 0 Å². The number of carbonyl (C=O) groups is 1. The first-order valence-electron chi connectivity index (χ1n) is 7.30. The molecule has 2 rings (SSSR count). The molecular formula is C14H27ClN2O. The van der Waals surface area contributed by atoms with Crippen LogP contribution in [0.15, 0.2) is 0 Å². The van der Waals surface area contributed by atoms with E-state index in [0.717, 1.165) is 44.9 Å². The van der Waals surface area contributed by atoms with Crippen molar-refractivity contribution in [1.29, 1.82) is 0 Å². The Balaban J connectivity index is 0.00000162. The van der Waals surface area contributed by atoms with Crippen molar-refractivity contribution < 1.29 is 4.79 Å². The monoisotopic (exact) mass is 274 g/mol. The lowest BCUT2D eigenvalue weighted by Gasteiger charge is -2.28. The van der Waals surface area contributed by atoms with Gasteiger partial charge < -0.3 is 10.2 Å². The van der Waals surface area contributed by atoms with Crippen LogP contribution in [0, 0.1) is 11.8 Å². The molecule has 2 aliphatic heterocycles. The number of amides is 1.